The smallest absolute Gasteiger partial charge is 0.453 e. The number of rotatable bonds is 5. The molecule has 0 spiro atoms. The molecule has 0 radical (unpaired) electrons. The lowest BCUT2D eigenvalue weighted by atomic mass is 10.1. The molecule has 1 aliphatic rings. The number of hydrogen-bond acceptors (Lipinski definition) is 5. The fourth-order valence-electron chi connectivity index (χ4n) is 3.97. The number of hydrogen-bond donors (Lipinski definition) is 1. The van der Waals surface area contributed by atoms with Gasteiger partial charge < -0.3 is 23.9 Å². The lowest BCUT2D eigenvalue weighted by Crippen LogP contribution is -3.11. The van der Waals surface area contributed by atoms with E-state index in [9.17, 15) is 23.1 Å². The molecule has 1 saturated heterocycles. The lowest BCUT2D eigenvalue weighted by molar-refractivity contribution is -0.918. The highest BCUT2D eigenvalue weighted by Gasteiger charge is 2.41. The van der Waals surface area contributed by atoms with Crippen LogP contribution in [0, 0.1) is 0 Å². The summed E-state index contributed by atoms with van der Waals surface area (Å²) in [4.78, 5) is 14.1. The van der Waals surface area contributed by atoms with Crippen LogP contribution in [0.25, 0.3) is 11.0 Å². The van der Waals surface area contributed by atoms with E-state index in [0.717, 1.165) is 37.3 Å². The number of quaternary nitrogens is 1. The van der Waals surface area contributed by atoms with Crippen molar-refractivity contribution in [3.05, 3.63) is 57.9 Å². The van der Waals surface area contributed by atoms with Crippen molar-refractivity contribution in [2.75, 3.05) is 20.2 Å². The van der Waals surface area contributed by atoms with Crippen LogP contribution in [0.5, 0.6) is 23.0 Å². The van der Waals surface area contributed by atoms with E-state index in [1.165, 1.54) is 43.5 Å². The zero-order chi connectivity index (χ0) is 22.9. The zero-order valence-corrected chi connectivity index (χ0v) is 17.4. The Morgan fingerprint density at radius 3 is 2.31 bits per heavy atom. The number of benzene rings is 2. The minimum atomic E-state index is -5.00. The number of fused-ring (bicyclic) bond motifs is 1. The quantitative estimate of drug-likeness (QED) is 0.647. The van der Waals surface area contributed by atoms with Crippen LogP contribution in [0.1, 0.15) is 30.6 Å². The molecule has 1 fully saturated rings. The van der Waals surface area contributed by atoms with Gasteiger partial charge in [-0.2, -0.15) is 13.2 Å². The number of ether oxygens (including phenoxy) is 2. The fraction of sp³-hybridized carbons (Fsp3) is 0.348. The summed E-state index contributed by atoms with van der Waals surface area (Å²) in [5, 5.41) is 12.4. The summed E-state index contributed by atoms with van der Waals surface area (Å²) in [6.07, 6.45) is -1.95. The summed E-state index contributed by atoms with van der Waals surface area (Å²) >= 11 is 0. The zero-order valence-electron chi connectivity index (χ0n) is 17.4. The summed E-state index contributed by atoms with van der Waals surface area (Å²) in [6, 6.07) is 8.15. The van der Waals surface area contributed by atoms with Crippen molar-refractivity contribution in [2.45, 2.75) is 32.0 Å². The maximum Gasteiger partial charge on any atom is 0.453 e. The first-order valence-electron chi connectivity index (χ1n) is 10.3. The molecule has 170 valence electrons. The molecule has 0 unspecified atom stereocenters. The first-order valence-corrected chi connectivity index (χ1v) is 10.3. The second kappa shape index (κ2) is 8.74. The SMILES string of the molecule is COc1ccc(Oc2c(C(F)(F)F)oc3c(C[NH+]4CCCCC4)c([O-])ccc3c2=O)cc1. The summed E-state index contributed by atoms with van der Waals surface area (Å²) in [5.74, 6) is -2.49. The predicted molar refractivity (Wildman–Crippen MR) is 108 cm³/mol. The number of halogens is 3. The molecule has 0 aliphatic carbocycles. The van der Waals surface area contributed by atoms with Crippen molar-refractivity contribution in [2.24, 2.45) is 0 Å². The molecule has 2 aromatic carbocycles. The van der Waals surface area contributed by atoms with Crippen LogP contribution in [0.15, 0.2) is 45.6 Å². The number of alkyl halides is 3. The van der Waals surface area contributed by atoms with Crippen LogP contribution in [0.2, 0.25) is 0 Å². The predicted octanol–water partition coefficient (Wildman–Crippen LogP) is 3.26. The van der Waals surface area contributed by atoms with Gasteiger partial charge in [0, 0.05) is 5.56 Å². The average molecular weight is 449 g/mol. The standard InChI is InChI=1S/C23H22F3NO5/c1-30-14-5-7-15(8-6-14)31-21-19(29)16-9-10-18(28)17(13-27-11-3-2-4-12-27)20(16)32-22(21)23(24,25)26/h5-10,28H,2-4,11-13H2,1H3. The lowest BCUT2D eigenvalue weighted by Gasteiger charge is -2.26. The van der Waals surface area contributed by atoms with Gasteiger partial charge in [-0.25, -0.2) is 0 Å². The Balaban J connectivity index is 1.84. The van der Waals surface area contributed by atoms with Crippen LogP contribution in [0.4, 0.5) is 13.2 Å². The average Bonchev–Trinajstić information content (AvgIpc) is 2.78. The van der Waals surface area contributed by atoms with E-state index >= 15 is 0 Å². The molecule has 6 nitrogen and oxygen atoms in total. The summed E-state index contributed by atoms with van der Waals surface area (Å²) in [6.45, 7) is 1.82. The molecule has 4 rings (SSSR count). The van der Waals surface area contributed by atoms with Crippen LogP contribution < -0.4 is 24.9 Å². The molecule has 2 heterocycles. The monoisotopic (exact) mass is 449 g/mol. The number of nitrogens with one attached hydrogen (secondary N) is 1. The van der Waals surface area contributed by atoms with E-state index in [1.807, 2.05) is 0 Å². The summed E-state index contributed by atoms with van der Waals surface area (Å²) < 4.78 is 57.1. The van der Waals surface area contributed by atoms with Crippen molar-refractivity contribution in [3.8, 4) is 23.0 Å². The van der Waals surface area contributed by atoms with Crippen LogP contribution in [-0.2, 0) is 12.7 Å². The first-order chi connectivity index (χ1) is 15.3. The second-order valence-corrected chi connectivity index (χ2v) is 7.77. The minimum absolute atomic E-state index is 0.0152. The van der Waals surface area contributed by atoms with E-state index in [4.69, 9.17) is 13.9 Å². The van der Waals surface area contributed by atoms with Gasteiger partial charge in [0.15, 0.2) is 0 Å². The van der Waals surface area contributed by atoms with Gasteiger partial charge in [0.1, 0.15) is 23.6 Å². The van der Waals surface area contributed by atoms with E-state index in [0.29, 0.717) is 5.75 Å². The van der Waals surface area contributed by atoms with Crippen molar-refractivity contribution < 1.29 is 37.1 Å². The maximum atomic E-state index is 13.9. The van der Waals surface area contributed by atoms with E-state index in [1.54, 1.807) is 0 Å². The molecule has 1 N–H and O–H groups in total. The van der Waals surface area contributed by atoms with Gasteiger partial charge in [-0.05, 0) is 49.6 Å². The molecule has 1 aromatic heterocycles. The van der Waals surface area contributed by atoms with Crippen molar-refractivity contribution in [1.82, 2.24) is 0 Å². The highest BCUT2D eigenvalue weighted by Crippen LogP contribution is 2.39. The Morgan fingerprint density at radius 2 is 1.69 bits per heavy atom. The number of methoxy groups -OCH3 is 1. The third-order valence-corrected chi connectivity index (χ3v) is 5.60. The Morgan fingerprint density at radius 1 is 1.03 bits per heavy atom. The van der Waals surface area contributed by atoms with Crippen LogP contribution >= 0.6 is 0 Å². The van der Waals surface area contributed by atoms with Gasteiger partial charge in [-0.3, -0.25) is 4.79 Å². The van der Waals surface area contributed by atoms with Gasteiger partial charge >= 0.3 is 6.18 Å². The van der Waals surface area contributed by atoms with Gasteiger partial charge in [0.25, 0.3) is 5.76 Å². The van der Waals surface area contributed by atoms with Gasteiger partial charge in [-0.15, -0.1) is 0 Å². The molecule has 1 aliphatic heterocycles. The molecule has 0 bridgehead atoms. The first kappa shape index (κ1) is 22.0. The number of piperidine rings is 1. The van der Waals surface area contributed by atoms with Crippen molar-refractivity contribution in [1.29, 1.82) is 0 Å². The highest BCUT2D eigenvalue weighted by atomic mass is 19.4. The molecule has 0 amide bonds. The largest absolute Gasteiger partial charge is 0.872 e. The third kappa shape index (κ3) is 4.38. The Kier molecular flexibility index (Phi) is 6.01. The molecule has 0 saturated carbocycles. The molecular weight excluding hydrogens is 427 g/mol. The van der Waals surface area contributed by atoms with Crippen molar-refractivity contribution >= 4 is 11.0 Å². The Bertz CT molecular complexity index is 1170. The van der Waals surface area contributed by atoms with Gasteiger partial charge in [0.05, 0.1) is 25.6 Å². The van der Waals surface area contributed by atoms with Gasteiger partial charge in [0.2, 0.25) is 11.2 Å². The minimum Gasteiger partial charge on any atom is -0.872 e. The Labute approximate surface area is 181 Å². The fourth-order valence-corrected chi connectivity index (χ4v) is 3.97. The molecule has 32 heavy (non-hydrogen) atoms. The Hall–Kier alpha value is -3.20. The highest BCUT2D eigenvalue weighted by molar-refractivity contribution is 5.83. The molecule has 3 aromatic rings. The molecular formula is C23H22F3NO5. The van der Waals surface area contributed by atoms with Crippen LogP contribution in [0.3, 0.4) is 0 Å². The normalized spacial score (nSPS) is 15.1. The number of likely N-dealkylation sites (tertiary alicyclic amines) is 1. The van der Waals surface area contributed by atoms with E-state index < -0.39 is 28.9 Å². The van der Waals surface area contributed by atoms with E-state index in [-0.39, 0.29) is 28.8 Å². The second-order valence-electron chi connectivity index (χ2n) is 7.77. The molecule has 0 atom stereocenters. The summed E-state index contributed by atoms with van der Waals surface area (Å²) in [7, 11) is 1.45. The van der Waals surface area contributed by atoms with E-state index in [2.05, 4.69) is 0 Å². The topological polar surface area (TPSA) is 76.2 Å². The third-order valence-electron chi connectivity index (χ3n) is 5.60. The molecule has 9 heteroatoms. The maximum absolute atomic E-state index is 13.9. The summed E-state index contributed by atoms with van der Waals surface area (Å²) in [5.41, 5.74) is -1.22. The van der Waals surface area contributed by atoms with Crippen LogP contribution in [-0.4, -0.2) is 20.2 Å². The van der Waals surface area contributed by atoms with Crippen molar-refractivity contribution in [3.63, 3.8) is 0 Å². The van der Waals surface area contributed by atoms with Gasteiger partial charge in [-0.1, -0.05) is 11.8 Å².